The number of rotatable bonds is 11. The van der Waals surface area contributed by atoms with Crippen molar-refractivity contribution in [2.45, 2.75) is 67.0 Å². The molecule has 7 nitrogen and oxygen atoms in total. The third kappa shape index (κ3) is 8.10. The number of aldehydes is 1. The van der Waals surface area contributed by atoms with E-state index in [0.29, 0.717) is 5.56 Å². The number of nitrogens with one attached hydrogen (secondary N) is 1. The van der Waals surface area contributed by atoms with Crippen LogP contribution in [0.4, 0.5) is 5.82 Å². The number of aromatic nitrogens is 3. The molecule has 2 aromatic heterocycles. The van der Waals surface area contributed by atoms with Crippen LogP contribution >= 0.6 is 0 Å². The summed E-state index contributed by atoms with van der Waals surface area (Å²) < 4.78 is 6.59. The molecule has 7 heteroatoms. The van der Waals surface area contributed by atoms with E-state index < -0.39 is 0 Å². The maximum atomic E-state index is 11.4. The van der Waals surface area contributed by atoms with Crippen molar-refractivity contribution in [3.63, 3.8) is 0 Å². The number of hydrogen-bond donors (Lipinski definition) is 1. The van der Waals surface area contributed by atoms with Crippen LogP contribution < -0.4 is 5.32 Å². The lowest BCUT2D eigenvalue weighted by Gasteiger charge is -2.18. The average molecular weight is 534 g/mol. The largest absolute Gasteiger partial charge is 0.388 e. The predicted molar refractivity (Wildman–Crippen MR) is 165 cm³/mol. The van der Waals surface area contributed by atoms with Gasteiger partial charge in [0.25, 0.3) is 0 Å². The van der Waals surface area contributed by atoms with Crippen molar-refractivity contribution in [3.05, 3.63) is 65.0 Å². The van der Waals surface area contributed by atoms with Crippen molar-refractivity contribution in [2.75, 3.05) is 39.7 Å². The van der Waals surface area contributed by atoms with Crippen molar-refractivity contribution in [2.24, 2.45) is 0 Å². The number of pyridine rings is 1. The molecular formula is C32H47N5O2. The Morgan fingerprint density at radius 1 is 0.974 bits per heavy atom. The molecule has 0 saturated carbocycles. The second-order valence-electron chi connectivity index (χ2n) is 9.21. The second-order valence-corrected chi connectivity index (χ2v) is 9.21. The van der Waals surface area contributed by atoms with Crippen molar-refractivity contribution >= 4 is 34.0 Å². The molecule has 0 amide bonds. The molecule has 1 N–H and O–H groups in total. The Hall–Kier alpha value is -3.29. The van der Waals surface area contributed by atoms with E-state index >= 15 is 0 Å². The minimum Gasteiger partial charge on any atom is -0.388 e. The highest BCUT2D eigenvalue weighted by Crippen LogP contribution is 2.31. The maximum Gasteiger partial charge on any atom is 0.154 e. The molecule has 2 aromatic carbocycles. The number of methoxy groups -OCH3 is 1. The van der Waals surface area contributed by atoms with E-state index in [4.69, 9.17) is 9.97 Å². The zero-order chi connectivity index (χ0) is 28.8. The number of nitrogens with zero attached hydrogens (tertiary/aromatic N) is 4. The highest BCUT2D eigenvalue weighted by Gasteiger charge is 2.18. The number of aryl methyl sites for hydroxylation is 1. The van der Waals surface area contributed by atoms with Crippen LogP contribution in [0.5, 0.6) is 0 Å². The first-order valence-electron chi connectivity index (χ1n) is 14.2. The van der Waals surface area contributed by atoms with Crippen LogP contribution in [-0.2, 0) is 24.2 Å². The lowest BCUT2D eigenvalue weighted by atomic mass is 10.1. The molecule has 0 saturated heterocycles. The van der Waals surface area contributed by atoms with Crippen LogP contribution in [0.2, 0.25) is 0 Å². The Morgan fingerprint density at radius 3 is 2.18 bits per heavy atom. The van der Waals surface area contributed by atoms with E-state index in [1.54, 1.807) is 14.2 Å². The van der Waals surface area contributed by atoms with Gasteiger partial charge in [0, 0.05) is 51.7 Å². The van der Waals surface area contributed by atoms with E-state index in [2.05, 4.69) is 64.6 Å². The molecular weight excluding hydrogens is 486 g/mol. The Bertz CT molecular complexity index is 1290. The van der Waals surface area contributed by atoms with Gasteiger partial charge in [0.15, 0.2) is 5.82 Å². The first kappa shape index (κ1) is 31.9. The van der Waals surface area contributed by atoms with Gasteiger partial charge in [-0.15, -0.1) is 0 Å². The Labute approximate surface area is 234 Å². The number of unbranched alkanes of at least 4 members (excludes halogenated alkanes) is 1. The molecule has 39 heavy (non-hydrogen) atoms. The fraction of sp³-hybridized carbons (Fsp3) is 0.469. The number of hydrogen-bond acceptors (Lipinski definition) is 6. The highest BCUT2D eigenvalue weighted by molar-refractivity contribution is 6.08. The third-order valence-corrected chi connectivity index (χ3v) is 6.57. The van der Waals surface area contributed by atoms with Gasteiger partial charge in [-0.25, -0.2) is 9.97 Å². The van der Waals surface area contributed by atoms with E-state index in [9.17, 15) is 4.79 Å². The van der Waals surface area contributed by atoms with Gasteiger partial charge in [0.05, 0.1) is 11.0 Å². The fourth-order valence-electron chi connectivity index (χ4n) is 4.53. The molecule has 0 radical (unpaired) electrons. The van der Waals surface area contributed by atoms with Crippen LogP contribution in [-0.4, -0.2) is 60.1 Å². The first-order chi connectivity index (χ1) is 19.0. The number of benzene rings is 2. The molecule has 0 unspecified atom stereocenters. The second kappa shape index (κ2) is 16.6. The minimum atomic E-state index is 0.627. The van der Waals surface area contributed by atoms with Gasteiger partial charge < -0.3 is 14.6 Å². The monoisotopic (exact) mass is 533 g/mol. The van der Waals surface area contributed by atoms with Gasteiger partial charge in [-0.05, 0) is 42.8 Å². The summed E-state index contributed by atoms with van der Waals surface area (Å²) in [5.41, 5.74) is 5.98. The van der Waals surface area contributed by atoms with Crippen LogP contribution in [0.3, 0.4) is 0 Å². The highest BCUT2D eigenvalue weighted by atomic mass is 16.4. The van der Waals surface area contributed by atoms with Crippen LogP contribution in [0.1, 0.15) is 74.8 Å². The number of fused-ring (bicyclic) bond motifs is 3. The van der Waals surface area contributed by atoms with Gasteiger partial charge in [0.2, 0.25) is 0 Å². The molecule has 2 heterocycles. The van der Waals surface area contributed by atoms with Crippen molar-refractivity contribution < 1.29 is 9.53 Å². The van der Waals surface area contributed by atoms with E-state index in [1.165, 1.54) is 11.1 Å². The van der Waals surface area contributed by atoms with Crippen LogP contribution in [0.25, 0.3) is 21.9 Å². The van der Waals surface area contributed by atoms with Gasteiger partial charge >= 0.3 is 0 Å². The molecule has 0 aliphatic heterocycles. The van der Waals surface area contributed by atoms with E-state index in [0.717, 1.165) is 85.3 Å². The summed E-state index contributed by atoms with van der Waals surface area (Å²) in [7, 11) is 5.12. The molecule has 0 aliphatic carbocycles. The quantitative estimate of drug-likeness (QED) is 0.210. The average Bonchev–Trinajstić information content (AvgIpc) is 3.34. The molecule has 0 fully saturated rings. The number of ether oxygens (including phenoxy) is 1. The summed E-state index contributed by atoms with van der Waals surface area (Å²) in [6.07, 6.45) is 3.99. The van der Waals surface area contributed by atoms with Gasteiger partial charge in [-0.2, -0.15) is 0 Å². The number of anilines is 1. The lowest BCUT2D eigenvalue weighted by molar-refractivity contribution is 0.112. The minimum absolute atomic E-state index is 0.627. The smallest absolute Gasteiger partial charge is 0.154 e. The standard InChI is InChI=1S/C28H35N5O.C2H6O.C2H6/c1-5-8-9-25-31-26-27(23-15-14-22(19-34)16-24(23)30-28(26)29-4)33(25)18-21-12-10-20(11-13-21)17-32(6-2)7-3;1-3-2;1-2/h10-16,19H,5-9,17-18H2,1-4H3,(H,29,30);1-2H3;1-2H3. The summed E-state index contributed by atoms with van der Waals surface area (Å²) in [4.78, 5) is 23.6. The Morgan fingerprint density at radius 2 is 1.62 bits per heavy atom. The molecule has 0 bridgehead atoms. The van der Waals surface area contributed by atoms with Crippen molar-refractivity contribution in [3.8, 4) is 0 Å². The zero-order valence-electron chi connectivity index (χ0n) is 25.2. The number of imidazole rings is 1. The van der Waals surface area contributed by atoms with E-state index in [-0.39, 0.29) is 0 Å². The third-order valence-electron chi connectivity index (χ3n) is 6.57. The summed E-state index contributed by atoms with van der Waals surface area (Å²) >= 11 is 0. The molecule has 4 rings (SSSR count). The molecule has 212 valence electrons. The van der Waals surface area contributed by atoms with Crippen LogP contribution in [0.15, 0.2) is 42.5 Å². The summed E-state index contributed by atoms with van der Waals surface area (Å²) in [6, 6.07) is 14.7. The van der Waals surface area contributed by atoms with Crippen LogP contribution in [0, 0.1) is 0 Å². The predicted octanol–water partition coefficient (Wildman–Crippen LogP) is 6.96. The van der Waals surface area contributed by atoms with Crippen molar-refractivity contribution in [1.29, 1.82) is 0 Å². The van der Waals surface area contributed by atoms with Gasteiger partial charge in [-0.3, -0.25) is 9.69 Å². The topological polar surface area (TPSA) is 72.3 Å². The lowest BCUT2D eigenvalue weighted by Crippen LogP contribution is -2.22. The summed E-state index contributed by atoms with van der Waals surface area (Å²) in [5.74, 6) is 1.82. The Balaban J connectivity index is 0.000000998. The van der Waals surface area contributed by atoms with Gasteiger partial charge in [-0.1, -0.05) is 71.4 Å². The van der Waals surface area contributed by atoms with Gasteiger partial charge in [0.1, 0.15) is 17.6 Å². The first-order valence-corrected chi connectivity index (χ1v) is 14.2. The SMILES string of the molecule is CC.CCCCc1nc2c(NC)nc3cc(C=O)ccc3c2n1Cc1ccc(CN(CC)CC)cc1.COC. The maximum absolute atomic E-state index is 11.4. The van der Waals surface area contributed by atoms with Crippen molar-refractivity contribution in [1.82, 2.24) is 19.4 Å². The fourth-order valence-corrected chi connectivity index (χ4v) is 4.53. The number of carbonyl (C=O) groups excluding carboxylic acids is 1. The normalized spacial score (nSPS) is 10.7. The zero-order valence-corrected chi connectivity index (χ0v) is 25.2. The summed E-state index contributed by atoms with van der Waals surface area (Å²) in [5, 5.41) is 4.24. The molecule has 0 spiro atoms. The van der Waals surface area contributed by atoms with E-state index in [1.807, 2.05) is 39.1 Å². The Kier molecular flexibility index (Phi) is 13.6. The summed E-state index contributed by atoms with van der Waals surface area (Å²) in [6.45, 7) is 14.5. The number of carbonyl (C=O) groups is 1. The molecule has 0 atom stereocenters. The molecule has 4 aromatic rings. The molecule has 0 aliphatic rings.